The number of sulfonamides is 1. The molecule has 29 heavy (non-hydrogen) atoms. The maximum Gasteiger partial charge on any atom is 0.263 e. The molecule has 0 saturated carbocycles. The van der Waals surface area contributed by atoms with Gasteiger partial charge in [-0.3, -0.25) is 4.79 Å². The molecule has 0 radical (unpaired) electrons. The third kappa shape index (κ3) is 4.79. The molecule has 1 saturated heterocycles. The largest absolute Gasteiger partial charge is 0.481 e. The van der Waals surface area contributed by atoms with Crippen LogP contribution in [0.1, 0.15) is 25.0 Å². The van der Waals surface area contributed by atoms with Crippen molar-refractivity contribution in [1.29, 1.82) is 0 Å². The number of rotatable bonds is 6. The predicted octanol–water partition coefficient (Wildman–Crippen LogP) is 2.86. The molecule has 3 rings (SSSR count). The highest BCUT2D eigenvalue weighted by atomic mass is 32.2. The maximum absolute atomic E-state index is 12.8. The van der Waals surface area contributed by atoms with Gasteiger partial charge >= 0.3 is 0 Å². The molecule has 0 aromatic heterocycles. The first kappa shape index (κ1) is 21.3. The number of carbonyl (C=O) groups excluding carboxylic acids is 1. The highest BCUT2D eigenvalue weighted by Crippen LogP contribution is 2.22. The molecule has 1 aliphatic rings. The fourth-order valence-electron chi connectivity index (χ4n) is 3.42. The number of nitrogens with zero attached hydrogens (tertiary/aromatic N) is 2. The van der Waals surface area contributed by atoms with Crippen LogP contribution in [0, 0.1) is 6.92 Å². The quantitative estimate of drug-likeness (QED) is 0.726. The zero-order chi connectivity index (χ0) is 21.0. The third-order valence-electron chi connectivity index (χ3n) is 5.21. The second-order valence-electron chi connectivity index (χ2n) is 7.26. The number of hydrogen-bond donors (Lipinski definition) is 0. The average molecular weight is 417 g/mol. The topological polar surface area (TPSA) is 66.9 Å². The molecular weight excluding hydrogens is 388 g/mol. The smallest absolute Gasteiger partial charge is 0.263 e. The SMILES string of the molecule is CCc1ccccc1O[C@H](C)C(=O)N1CCN(S(=O)(=O)c2ccc(C)cc2)CC1. The minimum atomic E-state index is -3.54. The van der Waals surface area contributed by atoms with Gasteiger partial charge in [0.1, 0.15) is 5.75 Å². The number of ether oxygens (including phenoxy) is 1. The van der Waals surface area contributed by atoms with E-state index in [1.165, 1.54) is 4.31 Å². The van der Waals surface area contributed by atoms with E-state index in [9.17, 15) is 13.2 Å². The van der Waals surface area contributed by atoms with Crippen LogP contribution in [0.15, 0.2) is 53.4 Å². The molecule has 1 atom stereocenters. The van der Waals surface area contributed by atoms with E-state index in [0.29, 0.717) is 13.1 Å². The first-order valence-electron chi connectivity index (χ1n) is 9.93. The molecule has 0 spiro atoms. The van der Waals surface area contributed by atoms with Gasteiger partial charge in [-0.2, -0.15) is 4.31 Å². The van der Waals surface area contributed by atoms with Crippen LogP contribution in [0.2, 0.25) is 0 Å². The fraction of sp³-hybridized carbons (Fsp3) is 0.409. The summed E-state index contributed by atoms with van der Waals surface area (Å²) >= 11 is 0. The van der Waals surface area contributed by atoms with Crippen LogP contribution in [0.4, 0.5) is 0 Å². The van der Waals surface area contributed by atoms with Crippen LogP contribution < -0.4 is 4.74 Å². The predicted molar refractivity (Wildman–Crippen MR) is 112 cm³/mol. The highest BCUT2D eigenvalue weighted by Gasteiger charge is 2.32. The zero-order valence-electron chi connectivity index (χ0n) is 17.2. The number of para-hydroxylation sites is 1. The summed E-state index contributed by atoms with van der Waals surface area (Å²) in [5.74, 6) is 0.597. The van der Waals surface area contributed by atoms with Crippen LogP contribution in [-0.4, -0.2) is 55.8 Å². The molecule has 0 bridgehead atoms. The lowest BCUT2D eigenvalue weighted by Gasteiger charge is -2.35. The van der Waals surface area contributed by atoms with Crippen molar-refractivity contribution in [3.05, 3.63) is 59.7 Å². The number of amides is 1. The highest BCUT2D eigenvalue weighted by molar-refractivity contribution is 7.89. The van der Waals surface area contributed by atoms with E-state index in [-0.39, 0.29) is 23.9 Å². The zero-order valence-corrected chi connectivity index (χ0v) is 18.0. The van der Waals surface area contributed by atoms with Crippen molar-refractivity contribution in [3.8, 4) is 5.75 Å². The van der Waals surface area contributed by atoms with Gasteiger partial charge in [-0.25, -0.2) is 8.42 Å². The lowest BCUT2D eigenvalue weighted by Crippen LogP contribution is -2.53. The molecule has 1 amide bonds. The van der Waals surface area contributed by atoms with Crippen molar-refractivity contribution in [3.63, 3.8) is 0 Å². The Hall–Kier alpha value is -2.38. The van der Waals surface area contributed by atoms with Gasteiger partial charge in [0.05, 0.1) is 4.90 Å². The Bertz CT molecular complexity index is 949. The average Bonchev–Trinajstić information content (AvgIpc) is 2.74. The minimum absolute atomic E-state index is 0.122. The van der Waals surface area contributed by atoms with Crippen LogP contribution in [-0.2, 0) is 21.2 Å². The molecule has 0 unspecified atom stereocenters. The van der Waals surface area contributed by atoms with Crippen molar-refractivity contribution in [2.24, 2.45) is 0 Å². The van der Waals surface area contributed by atoms with E-state index in [0.717, 1.165) is 23.3 Å². The maximum atomic E-state index is 12.8. The van der Waals surface area contributed by atoms with Gasteiger partial charge in [0, 0.05) is 26.2 Å². The molecule has 0 aliphatic carbocycles. The van der Waals surface area contributed by atoms with E-state index in [1.54, 1.807) is 36.1 Å². The van der Waals surface area contributed by atoms with Crippen LogP contribution in [0.3, 0.4) is 0 Å². The van der Waals surface area contributed by atoms with E-state index in [1.807, 2.05) is 38.1 Å². The van der Waals surface area contributed by atoms with Crippen molar-refractivity contribution >= 4 is 15.9 Å². The van der Waals surface area contributed by atoms with E-state index in [2.05, 4.69) is 0 Å². The molecule has 1 aliphatic heterocycles. The van der Waals surface area contributed by atoms with Gasteiger partial charge in [-0.05, 0) is 44.0 Å². The normalized spacial score (nSPS) is 16.4. The minimum Gasteiger partial charge on any atom is -0.481 e. The summed E-state index contributed by atoms with van der Waals surface area (Å²) in [4.78, 5) is 14.8. The van der Waals surface area contributed by atoms with Crippen LogP contribution in [0.5, 0.6) is 5.75 Å². The summed E-state index contributed by atoms with van der Waals surface area (Å²) in [7, 11) is -3.54. The van der Waals surface area contributed by atoms with Gasteiger partial charge in [-0.1, -0.05) is 42.8 Å². The van der Waals surface area contributed by atoms with E-state index in [4.69, 9.17) is 4.74 Å². The molecule has 1 heterocycles. The summed E-state index contributed by atoms with van der Waals surface area (Å²) in [6, 6.07) is 14.5. The summed E-state index contributed by atoms with van der Waals surface area (Å²) in [6.07, 6.45) is 0.204. The number of hydrogen-bond acceptors (Lipinski definition) is 4. The summed E-state index contributed by atoms with van der Waals surface area (Å²) < 4.78 is 33.0. The van der Waals surface area contributed by atoms with Gasteiger partial charge in [0.25, 0.3) is 5.91 Å². The summed E-state index contributed by atoms with van der Waals surface area (Å²) in [5, 5.41) is 0. The second-order valence-corrected chi connectivity index (χ2v) is 9.20. The van der Waals surface area contributed by atoms with Crippen molar-refractivity contribution < 1.29 is 17.9 Å². The number of benzene rings is 2. The lowest BCUT2D eigenvalue weighted by molar-refractivity contribution is -0.139. The molecule has 2 aromatic carbocycles. The molecule has 7 heteroatoms. The molecular formula is C22H28N2O4S. The molecule has 2 aromatic rings. The van der Waals surface area contributed by atoms with Gasteiger partial charge in [-0.15, -0.1) is 0 Å². The van der Waals surface area contributed by atoms with Crippen molar-refractivity contribution in [2.45, 2.75) is 38.2 Å². The third-order valence-corrected chi connectivity index (χ3v) is 7.13. The standard InChI is InChI=1S/C22H28N2O4S/c1-4-19-7-5-6-8-21(19)28-18(3)22(25)23-13-15-24(16-14-23)29(26,27)20-11-9-17(2)10-12-20/h5-12,18H,4,13-16H2,1-3H3/t18-/m1/s1. The van der Waals surface area contributed by atoms with Gasteiger partial charge in [0.15, 0.2) is 6.10 Å². The second kappa shape index (κ2) is 8.97. The Morgan fingerprint density at radius 2 is 1.66 bits per heavy atom. The lowest BCUT2D eigenvalue weighted by atomic mass is 10.1. The first-order valence-corrected chi connectivity index (χ1v) is 11.4. The van der Waals surface area contributed by atoms with Gasteiger partial charge < -0.3 is 9.64 Å². The Balaban J connectivity index is 1.61. The Morgan fingerprint density at radius 3 is 2.28 bits per heavy atom. The first-order chi connectivity index (χ1) is 13.8. The Kier molecular flexibility index (Phi) is 6.59. The van der Waals surface area contributed by atoms with E-state index >= 15 is 0 Å². The molecule has 0 N–H and O–H groups in total. The van der Waals surface area contributed by atoms with Crippen LogP contribution >= 0.6 is 0 Å². The van der Waals surface area contributed by atoms with Crippen LogP contribution in [0.25, 0.3) is 0 Å². The summed E-state index contributed by atoms with van der Waals surface area (Å²) in [5.41, 5.74) is 2.07. The molecule has 1 fully saturated rings. The fourth-order valence-corrected chi connectivity index (χ4v) is 4.84. The van der Waals surface area contributed by atoms with E-state index < -0.39 is 16.1 Å². The summed E-state index contributed by atoms with van der Waals surface area (Å²) in [6.45, 7) is 6.97. The molecule has 156 valence electrons. The number of aryl methyl sites for hydroxylation is 2. The monoisotopic (exact) mass is 416 g/mol. The number of carbonyl (C=O) groups is 1. The Morgan fingerprint density at radius 1 is 1.03 bits per heavy atom. The van der Waals surface area contributed by atoms with Gasteiger partial charge in [0.2, 0.25) is 10.0 Å². The van der Waals surface area contributed by atoms with Crippen molar-refractivity contribution in [2.75, 3.05) is 26.2 Å². The Labute approximate surface area is 173 Å². The number of piperazine rings is 1. The van der Waals surface area contributed by atoms with Crippen molar-refractivity contribution in [1.82, 2.24) is 9.21 Å². The molecule has 6 nitrogen and oxygen atoms in total.